The summed E-state index contributed by atoms with van der Waals surface area (Å²) >= 11 is 1.27. The van der Waals surface area contributed by atoms with E-state index in [1.54, 1.807) is 19.1 Å². The first-order valence-electron chi connectivity index (χ1n) is 10.1. The fourth-order valence-corrected chi connectivity index (χ4v) is 4.19. The lowest BCUT2D eigenvalue weighted by atomic mass is 9.98. The van der Waals surface area contributed by atoms with Crippen molar-refractivity contribution in [1.29, 1.82) is 5.26 Å². The summed E-state index contributed by atoms with van der Waals surface area (Å²) in [5.74, 6) is 0.420. The zero-order valence-electron chi connectivity index (χ0n) is 17.1. The molecule has 158 valence electrons. The summed E-state index contributed by atoms with van der Waals surface area (Å²) in [6.45, 7) is 2.29. The minimum absolute atomic E-state index is 0.125. The summed E-state index contributed by atoms with van der Waals surface area (Å²) in [6.07, 6.45) is 1.92. The molecule has 3 aromatic rings. The molecule has 31 heavy (non-hydrogen) atoms. The Morgan fingerprint density at radius 3 is 2.58 bits per heavy atom. The van der Waals surface area contributed by atoms with Gasteiger partial charge in [-0.2, -0.15) is 5.26 Å². The van der Waals surface area contributed by atoms with Crippen molar-refractivity contribution in [3.63, 3.8) is 0 Å². The number of halogens is 1. The quantitative estimate of drug-likeness (QED) is 0.540. The number of nitrogens with one attached hydrogen (secondary N) is 1. The molecule has 6 nitrogen and oxygen atoms in total. The summed E-state index contributed by atoms with van der Waals surface area (Å²) in [4.78, 5) is 12.5. The summed E-state index contributed by atoms with van der Waals surface area (Å²) in [7, 11) is 0. The van der Waals surface area contributed by atoms with Crippen LogP contribution in [0.5, 0.6) is 0 Å². The van der Waals surface area contributed by atoms with E-state index in [-0.39, 0.29) is 23.4 Å². The van der Waals surface area contributed by atoms with Crippen molar-refractivity contribution in [2.75, 3.05) is 5.75 Å². The number of carbonyl (C=O) groups excluding carboxylic acids is 1. The lowest BCUT2D eigenvalue weighted by Gasteiger charge is -2.22. The first-order chi connectivity index (χ1) is 15.0. The van der Waals surface area contributed by atoms with Gasteiger partial charge in [0, 0.05) is 5.56 Å². The molecule has 1 N–H and O–H groups in total. The van der Waals surface area contributed by atoms with Gasteiger partial charge in [-0.1, -0.05) is 42.1 Å². The van der Waals surface area contributed by atoms with Crippen LogP contribution in [0.25, 0.3) is 11.4 Å². The topological polar surface area (TPSA) is 83.6 Å². The van der Waals surface area contributed by atoms with Crippen LogP contribution < -0.4 is 5.32 Å². The number of hydrogen-bond acceptors (Lipinski definition) is 5. The Bertz CT molecular complexity index is 1110. The van der Waals surface area contributed by atoms with E-state index in [0.717, 1.165) is 24.0 Å². The Kier molecular flexibility index (Phi) is 6.05. The third kappa shape index (κ3) is 4.94. The minimum atomic E-state index is -0.825. The average Bonchev–Trinajstić information content (AvgIpc) is 3.57. The predicted octanol–water partition coefficient (Wildman–Crippen LogP) is 4.03. The molecule has 1 heterocycles. The fourth-order valence-electron chi connectivity index (χ4n) is 3.45. The molecule has 0 spiro atoms. The normalized spacial score (nSPS) is 15.1. The maximum atomic E-state index is 13.4. The number of rotatable bonds is 8. The average molecular weight is 436 g/mol. The van der Waals surface area contributed by atoms with Crippen LogP contribution in [0.3, 0.4) is 0 Å². The highest BCUT2D eigenvalue weighted by atomic mass is 32.2. The molecule has 0 saturated heterocycles. The van der Waals surface area contributed by atoms with Gasteiger partial charge in [0.1, 0.15) is 11.4 Å². The van der Waals surface area contributed by atoms with E-state index in [2.05, 4.69) is 21.6 Å². The zero-order valence-corrected chi connectivity index (χ0v) is 17.9. The van der Waals surface area contributed by atoms with E-state index < -0.39 is 5.54 Å². The molecule has 1 saturated carbocycles. The van der Waals surface area contributed by atoms with Crippen molar-refractivity contribution in [2.24, 2.45) is 5.92 Å². The van der Waals surface area contributed by atoms with Gasteiger partial charge in [-0.25, -0.2) is 4.39 Å². The standard InChI is InChI=1S/C23H22FN5OS/c1-23(15-25,18-9-10-18)26-20(30)14-31-22-28-27-21(17-7-11-19(24)12-8-17)29(22)13-16-5-3-2-4-6-16/h2-8,11-12,18H,9-10,13-14H2,1H3,(H,26,30). The van der Waals surface area contributed by atoms with Crippen LogP contribution in [-0.2, 0) is 11.3 Å². The number of aromatic nitrogens is 3. The summed E-state index contributed by atoms with van der Waals surface area (Å²) in [6, 6.07) is 18.2. The Balaban J connectivity index is 1.54. The van der Waals surface area contributed by atoms with Crippen LogP contribution in [0.1, 0.15) is 25.3 Å². The highest BCUT2D eigenvalue weighted by molar-refractivity contribution is 7.99. The molecule has 1 unspecified atom stereocenters. The molecule has 4 rings (SSSR count). The van der Waals surface area contributed by atoms with E-state index in [4.69, 9.17) is 0 Å². The molecule has 1 aliphatic rings. The van der Waals surface area contributed by atoms with E-state index >= 15 is 0 Å². The smallest absolute Gasteiger partial charge is 0.231 e. The van der Waals surface area contributed by atoms with Crippen LogP contribution in [-0.4, -0.2) is 32.0 Å². The third-order valence-electron chi connectivity index (χ3n) is 5.36. The number of benzene rings is 2. The van der Waals surface area contributed by atoms with Gasteiger partial charge in [0.15, 0.2) is 11.0 Å². The lowest BCUT2D eigenvalue weighted by molar-refractivity contribution is -0.119. The SMILES string of the molecule is CC(C#N)(NC(=O)CSc1nnc(-c2ccc(F)cc2)n1Cc1ccccc1)C1CC1. The molecular weight excluding hydrogens is 413 g/mol. The summed E-state index contributed by atoms with van der Waals surface area (Å²) in [5, 5.41) is 21.5. The summed E-state index contributed by atoms with van der Waals surface area (Å²) in [5.41, 5.74) is 0.976. The summed E-state index contributed by atoms with van der Waals surface area (Å²) < 4.78 is 15.3. The van der Waals surface area contributed by atoms with Gasteiger partial charge in [-0.15, -0.1) is 10.2 Å². The van der Waals surface area contributed by atoms with Crippen molar-refractivity contribution in [1.82, 2.24) is 20.1 Å². The van der Waals surface area contributed by atoms with Gasteiger partial charge in [-0.05, 0) is 55.5 Å². The first-order valence-corrected chi connectivity index (χ1v) is 11.1. The maximum Gasteiger partial charge on any atom is 0.231 e. The van der Waals surface area contributed by atoms with E-state index in [1.807, 2.05) is 34.9 Å². The second-order valence-corrected chi connectivity index (χ2v) is 8.75. The lowest BCUT2D eigenvalue weighted by Crippen LogP contribution is -2.47. The van der Waals surface area contributed by atoms with Crippen LogP contribution in [0.15, 0.2) is 59.8 Å². The van der Waals surface area contributed by atoms with Crippen molar-refractivity contribution < 1.29 is 9.18 Å². The molecule has 0 radical (unpaired) electrons. The van der Waals surface area contributed by atoms with Crippen molar-refractivity contribution in [2.45, 2.75) is 37.0 Å². The third-order valence-corrected chi connectivity index (χ3v) is 6.33. The highest BCUT2D eigenvalue weighted by Gasteiger charge is 2.43. The maximum absolute atomic E-state index is 13.4. The Labute approximate surface area is 184 Å². The molecule has 1 atom stereocenters. The second-order valence-electron chi connectivity index (χ2n) is 7.81. The molecule has 1 aliphatic carbocycles. The van der Waals surface area contributed by atoms with Gasteiger partial charge >= 0.3 is 0 Å². The zero-order chi connectivity index (χ0) is 21.8. The van der Waals surface area contributed by atoms with Crippen molar-refractivity contribution in [3.8, 4) is 17.5 Å². The number of hydrogen-bond donors (Lipinski definition) is 1. The monoisotopic (exact) mass is 435 g/mol. The fraction of sp³-hybridized carbons (Fsp3) is 0.304. The van der Waals surface area contributed by atoms with Gasteiger partial charge in [0.2, 0.25) is 5.91 Å². The molecule has 8 heteroatoms. The Hall–Kier alpha value is -3.18. The van der Waals surface area contributed by atoms with E-state index in [1.165, 1.54) is 23.9 Å². The molecule has 1 fully saturated rings. The molecule has 0 aliphatic heterocycles. The first kappa shape index (κ1) is 21.1. The van der Waals surface area contributed by atoms with Gasteiger partial charge in [0.25, 0.3) is 0 Å². The van der Waals surface area contributed by atoms with E-state index in [9.17, 15) is 14.4 Å². The Morgan fingerprint density at radius 2 is 1.94 bits per heavy atom. The Morgan fingerprint density at radius 1 is 1.23 bits per heavy atom. The molecule has 0 bridgehead atoms. The van der Waals surface area contributed by atoms with Crippen molar-refractivity contribution in [3.05, 3.63) is 66.0 Å². The van der Waals surface area contributed by atoms with Crippen molar-refractivity contribution >= 4 is 17.7 Å². The van der Waals surface area contributed by atoms with Crippen LogP contribution in [0.4, 0.5) is 4.39 Å². The predicted molar refractivity (Wildman–Crippen MR) is 117 cm³/mol. The number of nitriles is 1. The number of nitrogens with zero attached hydrogens (tertiary/aromatic N) is 4. The van der Waals surface area contributed by atoms with E-state index in [0.29, 0.717) is 17.5 Å². The number of carbonyl (C=O) groups is 1. The highest BCUT2D eigenvalue weighted by Crippen LogP contribution is 2.39. The van der Waals surface area contributed by atoms with Crippen LogP contribution in [0.2, 0.25) is 0 Å². The molecule has 2 aromatic carbocycles. The molecule has 1 amide bonds. The van der Waals surface area contributed by atoms with Gasteiger partial charge in [-0.3, -0.25) is 9.36 Å². The molecular formula is C23H22FN5OS. The van der Waals surface area contributed by atoms with Gasteiger partial charge < -0.3 is 5.32 Å². The largest absolute Gasteiger partial charge is 0.337 e. The number of amides is 1. The minimum Gasteiger partial charge on any atom is -0.337 e. The van der Waals surface area contributed by atoms with Crippen LogP contribution >= 0.6 is 11.8 Å². The van der Waals surface area contributed by atoms with Gasteiger partial charge in [0.05, 0.1) is 18.4 Å². The number of thioether (sulfide) groups is 1. The van der Waals surface area contributed by atoms with Crippen LogP contribution in [0, 0.1) is 23.1 Å². The second kappa shape index (κ2) is 8.90. The molecule has 1 aromatic heterocycles.